The number of rotatable bonds is 1. The second-order valence-electron chi connectivity index (χ2n) is 2.16. The Morgan fingerprint density at radius 3 is 2.77 bits per heavy atom. The van der Waals surface area contributed by atoms with E-state index < -0.39 is 11.9 Å². The summed E-state index contributed by atoms with van der Waals surface area (Å²) in [6.07, 6.45) is 2.78. The fourth-order valence-corrected chi connectivity index (χ4v) is 0.751. The van der Waals surface area contributed by atoms with Crippen LogP contribution in [0.4, 0.5) is 10.1 Å². The number of anilines is 1. The summed E-state index contributed by atoms with van der Waals surface area (Å²) in [6, 6.07) is 2.40. The van der Waals surface area contributed by atoms with Gasteiger partial charge in [0.2, 0.25) is 11.9 Å². The minimum absolute atomic E-state index is 0.261. The number of hydrogen-bond acceptors (Lipinski definition) is 3. The number of nitrogens with two attached hydrogens (primary N) is 1. The lowest BCUT2D eigenvalue weighted by molar-refractivity contribution is 0.584. The highest BCUT2D eigenvalue weighted by Crippen LogP contribution is 2.10. The van der Waals surface area contributed by atoms with E-state index in [2.05, 4.69) is 4.98 Å². The summed E-state index contributed by atoms with van der Waals surface area (Å²) in [4.78, 5) is 4.14. The maximum absolute atomic E-state index is 12.4. The highest BCUT2D eigenvalue weighted by Gasteiger charge is 2.08. The van der Waals surface area contributed by atoms with Gasteiger partial charge in [0.15, 0.2) is 6.19 Å². The van der Waals surface area contributed by atoms with Crippen molar-refractivity contribution in [3.63, 3.8) is 0 Å². The molecule has 0 amide bonds. The lowest BCUT2D eigenvalue weighted by Crippen LogP contribution is -2.32. The van der Waals surface area contributed by atoms with Gasteiger partial charge in [-0.2, -0.15) is 9.65 Å². The fourth-order valence-electron chi connectivity index (χ4n) is 0.751. The van der Waals surface area contributed by atoms with E-state index in [1.165, 1.54) is 6.07 Å². The summed E-state index contributed by atoms with van der Waals surface area (Å²) in [5.74, 6) is -1.08. The summed E-state index contributed by atoms with van der Waals surface area (Å²) in [5.41, 5.74) is 5.34. The molecule has 66 valence electrons. The number of guanidine groups is 1. The zero-order valence-electron chi connectivity index (χ0n) is 6.53. The van der Waals surface area contributed by atoms with E-state index in [0.29, 0.717) is 0 Å². The van der Waals surface area contributed by atoms with Crippen molar-refractivity contribution in [2.24, 2.45) is 5.73 Å². The summed E-state index contributed by atoms with van der Waals surface area (Å²) in [6.45, 7) is 0. The van der Waals surface area contributed by atoms with E-state index in [1.807, 2.05) is 0 Å². The number of nitriles is 1. The number of hydrogen-bond donors (Lipinski definition) is 2. The standard InChI is InChI=1S/C7H6FN5/c8-6-2-1-5(3-12-6)13(4-9)7(10)11/h1-3H,(H3,10,11). The van der Waals surface area contributed by atoms with Gasteiger partial charge in [-0.1, -0.05) is 0 Å². The van der Waals surface area contributed by atoms with Gasteiger partial charge in [0.05, 0.1) is 11.9 Å². The average Bonchev–Trinajstić information content (AvgIpc) is 2.09. The van der Waals surface area contributed by atoms with Crippen LogP contribution < -0.4 is 10.6 Å². The van der Waals surface area contributed by atoms with Crippen LogP contribution in [0.5, 0.6) is 0 Å². The van der Waals surface area contributed by atoms with Crippen LogP contribution in [0.2, 0.25) is 0 Å². The summed E-state index contributed by atoms with van der Waals surface area (Å²) >= 11 is 0. The van der Waals surface area contributed by atoms with E-state index in [1.54, 1.807) is 6.19 Å². The largest absolute Gasteiger partial charge is 0.369 e. The van der Waals surface area contributed by atoms with Gasteiger partial charge in [-0.25, -0.2) is 9.88 Å². The Labute approximate surface area is 73.7 Å². The molecule has 0 radical (unpaired) electrons. The van der Waals surface area contributed by atoms with Crippen LogP contribution >= 0.6 is 0 Å². The van der Waals surface area contributed by atoms with Gasteiger partial charge in [-0.15, -0.1) is 0 Å². The minimum atomic E-state index is -0.648. The minimum Gasteiger partial charge on any atom is -0.369 e. The maximum Gasteiger partial charge on any atom is 0.212 e. The lowest BCUT2D eigenvalue weighted by atomic mass is 10.4. The van der Waals surface area contributed by atoms with E-state index in [9.17, 15) is 4.39 Å². The molecule has 0 saturated heterocycles. The number of nitrogens with zero attached hydrogens (tertiary/aromatic N) is 3. The topological polar surface area (TPSA) is 89.8 Å². The van der Waals surface area contributed by atoms with Crippen molar-refractivity contribution < 1.29 is 4.39 Å². The van der Waals surface area contributed by atoms with Crippen LogP contribution in [0.25, 0.3) is 0 Å². The van der Waals surface area contributed by atoms with Gasteiger partial charge in [0.1, 0.15) is 0 Å². The molecule has 1 rings (SSSR count). The SMILES string of the molecule is N#CN(C(=N)N)c1ccc(F)nc1. The normalized spacial score (nSPS) is 8.92. The molecule has 3 N–H and O–H groups in total. The Bertz CT molecular complexity index is 352. The molecule has 0 unspecified atom stereocenters. The molecule has 0 aromatic carbocycles. The Morgan fingerprint density at radius 2 is 2.38 bits per heavy atom. The second kappa shape index (κ2) is 3.49. The van der Waals surface area contributed by atoms with Gasteiger partial charge in [0, 0.05) is 0 Å². The number of aromatic nitrogens is 1. The van der Waals surface area contributed by atoms with Crippen molar-refractivity contribution in [2.75, 3.05) is 4.90 Å². The fraction of sp³-hybridized carbons (Fsp3) is 0. The molecular formula is C7H6FN5. The molecule has 1 aromatic heterocycles. The first-order valence-corrected chi connectivity index (χ1v) is 3.30. The van der Waals surface area contributed by atoms with Crippen molar-refractivity contribution in [1.29, 1.82) is 10.7 Å². The summed E-state index contributed by atoms with van der Waals surface area (Å²) in [7, 11) is 0. The van der Waals surface area contributed by atoms with Gasteiger partial charge in [-0.05, 0) is 12.1 Å². The zero-order chi connectivity index (χ0) is 9.84. The predicted octanol–water partition coefficient (Wildman–Crippen LogP) is 0.402. The molecule has 6 heteroatoms. The third kappa shape index (κ3) is 1.90. The Kier molecular flexibility index (Phi) is 2.40. The molecule has 0 spiro atoms. The maximum atomic E-state index is 12.4. The smallest absolute Gasteiger partial charge is 0.212 e. The summed E-state index contributed by atoms with van der Waals surface area (Å²) in [5, 5.41) is 15.6. The van der Waals surface area contributed by atoms with Crippen LogP contribution in [0, 0.1) is 22.8 Å². The van der Waals surface area contributed by atoms with E-state index >= 15 is 0 Å². The van der Waals surface area contributed by atoms with Gasteiger partial charge >= 0.3 is 0 Å². The first-order chi connectivity index (χ1) is 6.15. The number of pyridine rings is 1. The summed E-state index contributed by atoms with van der Waals surface area (Å²) < 4.78 is 12.4. The molecule has 0 aliphatic rings. The highest BCUT2D eigenvalue weighted by molar-refractivity contribution is 5.94. The molecule has 5 nitrogen and oxygen atoms in total. The highest BCUT2D eigenvalue weighted by atomic mass is 19.1. The Hall–Kier alpha value is -2.16. The van der Waals surface area contributed by atoms with Crippen molar-refractivity contribution >= 4 is 11.6 Å². The van der Waals surface area contributed by atoms with E-state index in [-0.39, 0.29) is 5.69 Å². The monoisotopic (exact) mass is 179 g/mol. The molecule has 1 heterocycles. The van der Waals surface area contributed by atoms with Crippen molar-refractivity contribution in [1.82, 2.24) is 4.98 Å². The molecule has 0 bridgehead atoms. The number of halogens is 1. The number of nitrogens with one attached hydrogen (secondary N) is 1. The van der Waals surface area contributed by atoms with E-state index in [0.717, 1.165) is 17.2 Å². The van der Waals surface area contributed by atoms with Gasteiger partial charge in [-0.3, -0.25) is 5.41 Å². The Balaban J connectivity index is 3.01. The molecule has 0 aliphatic carbocycles. The third-order valence-corrected chi connectivity index (χ3v) is 1.31. The average molecular weight is 179 g/mol. The van der Waals surface area contributed by atoms with Crippen molar-refractivity contribution in [3.05, 3.63) is 24.3 Å². The molecule has 0 aliphatic heterocycles. The van der Waals surface area contributed by atoms with E-state index in [4.69, 9.17) is 16.4 Å². The molecule has 0 saturated carbocycles. The quantitative estimate of drug-likeness (QED) is 0.215. The first kappa shape index (κ1) is 8.93. The zero-order valence-corrected chi connectivity index (χ0v) is 6.53. The van der Waals surface area contributed by atoms with Crippen molar-refractivity contribution in [3.8, 4) is 6.19 Å². The second-order valence-corrected chi connectivity index (χ2v) is 2.16. The predicted molar refractivity (Wildman–Crippen MR) is 44.2 cm³/mol. The molecule has 13 heavy (non-hydrogen) atoms. The molecule has 0 fully saturated rings. The molecular weight excluding hydrogens is 173 g/mol. The lowest BCUT2D eigenvalue weighted by Gasteiger charge is -2.11. The third-order valence-electron chi connectivity index (χ3n) is 1.31. The van der Waals surface area contributed by atoms with Crippen LogP contribution in [-0.2, 0) is 0 Å². The first-order valence-electron chi connectivity index (χ1n) is 3.30. The van der Waals surface area contributed by atoms with Crippen LogP contribution in [0.15, 0.2) is 18.3 Å². The molecule has 1 aromatic rings. The van der Waals surface area contributed by atoms with Gasteiger partial charge in [0.25, 0.3) is 0 Å². The van der Waals surface area contributed by atoms with Crippen molar-refractivity contribution in [2.45, 2.75) is 0 Å². The van der Waals surface area contributed by atoms with Gasteiger partial charge < -0.3 is 5.73 Å². The van der Waals surface area contributed by atoms with Crippen LogP contribution in [0.3, 0.4) is 0 Å². The van der Waals surface area contributed by atoms with Crippen LogP contribution in [0.1, 0.15) is 0 Å². The molecule has 0 atom stereocenters. The van der Waals surface area contributed by atoms with Crippen LogP contribution in [-0.4, -0.2) is 10.9 Å². The Morgan fingerprint density at radius 1 is 1.69 bits per heavy atom.